The molecule has 3 nitrogen and oxygen atoms in total. The van der Waals surface area contributed by atoms with Gasteiger partial charge in [0, 0.05) is 24.0 Å². The summed E-state index contributed by atoms with van der Waals surface area (Å²) < 4.78 is 13.2. The molecule has 0 aliphatic rings. The monoisotopic (exact) mass is 245 g/mol. The van der Waals surface area contributed by atoms with E-state index in [9.17, 15) is 4.39 Å². The van der Waals surface area contributed by atoms with E-state index in [0.29, 0.717) is 0 Å². The molecule has 0 saturated carbocycles. The van der Waals surface area contributed by atoms with Gasteiger partial charge in [0.1, 0.15) is 12.1 Å². The van der Waals surface area contributed by atoms with E-state index in [1.807, 2.05) is 13.0 Å². The Balaban J connectivity index is 2.16. The average molecular weight is 245 g/mol. The number of hydrogen-bond donors (Lipinski definition) is 1. The number of aromatic nitrogens is 2. The average Bonchev–Trinajstić information content (AvgIpc) is 2.39. The predicted molar refractivity (Wildman–Crippen MR) is 68.6 cm³/mol. The first-order valence-electron chi connectivity index (χ1n) is 6.02. The van der Waals surface area contributed by atoms with Crippen LogP contribution in [0.25, 0.3) is 0 Å². The van der Waals surface area contributed by atoms with Crippen LogP contribution in [0.3, 0.4) is 0 Å². The maximum atomic E-state index is 13.2. The summed E-state index contributed by atoms with van der Waals surface area (Å²) in [5.74, 6) is -0.202. The SMILES string of the molecule is CCNC(Cc1cccc(F)c1)c1cncnc1. The summed E-state index contributed by atoms with van der Waals surface area (Å²) in [6.07, 6.45) is 5.81. The molecule has 2 aromatic rings. The van der Waals surface area contributed by atoms with Crippen LogP contribution < -0.4 is 5.32 Å². The van der Waals surface area contributed by atoms with Crippen LogP contribution in [0.5, 0.6) is 0 Å². The largest absolute Gasteiger partial charge is 0.310 e. The number of benzene rings is 1. The molecule has 0 fully saturated rings. The molecule has 0 radical (unpaired) electrons. The summed E-state index contributed by atoms with van der Waals surface area (Å²) in [5.41, 5.74) is 1.98. The van der Waals surface area contributed by atoms with Gasteiger partial charge in [-0.2, -0.15) is 0 Å². The lowest BCUT2D eigenvalue weighted by Gasteiger charge is -2.17. The van der Waals surface area contributed by atoms with Gasteiger partial charge in [-0.25, -0.2) is 14.4 Å². The molecular formula is C14H16FN3. The van der Waals surface area contributed by atoms with E-state index in [2.05, 4.69) is 15.3 Å². The molecule has 94 valence electrons. The van der Waals surface area contributed by atoms with Crippen LogP contribution >= 0.6 is 0 Å². The fraction of sp³-hybridized carbons (Fsp3) is 0.286. The molecule has 18 heavy (non-hydrogen) atoms. The van der Waals surface area contributed by atoms with Crippen molar-refractivity contribution >= 4 is 0 Å². The summed E-state index contributed by atoms with van der Waals surface area (Å²) in [6, 6.07) is 6.79. The number of halogens is 1. The van der Waals surface area contributed by atoms with Crippen LogP contribution in [-0.4, -0.2) is 16.5 Å². The summed E-state index contributed by atoms with van der Waals surface area (Å²) in [4.78, 5) is 8.04. The fourth-order valence-corrected chi connectivity index (χ4v) is 1.94. The van der Waals surface area contributed by atoms with E-state index in [4.69, 9.17) is 0 Å². The predicted octanol–water partition coefficient (Wildman–Crippen LogP) is 2.51. The number of likely N-dealkylation sites (N-methyl/N-ethyl adjacent to an activating group) is 1. The standard InChI is InChI=1S/C14H16FN3/c1-2-18-14(12-8-16-10-17-9-12)7-11-4-3-5-13(15)6-11/h3-6,8-10,14,18H,2,7H2,1H3. The number of rotatable bonds is 5. The fourth-order valence-electron chi connectivity index (χ4n) is 1.94. The lowest BCUT2D eigenvalue weighted by atomic mass is 10.0. The summed E-state index contributed by atoms with van der Waals surface area (Å²) >= 11 is 0. The van der Waals surface area contributed by atoms with Gasteiger partial charge in [-0.3, -0.25) is 0 Å². The Morgan fingerprint density at radius 1 is 1.28 bits per heavy atom. The third-order valence-electron chi connectivity index (χ3n) is 2.76. The molecule has 1 aromatic carbocycles. The van der Waals surface area contributed by atoms with Crippen molar-refractivity contribution in [1.29, 1.82) is 0 Å². The first kappa shape index (κ1) is 12.6. The smallest absolute Gasteiger partial charge is 0.123 e. The molecular weight excluding hydrogens is 229 g/mol. The number of nitrogens with zero attached hydrogens (tertiary/aromatic N) is 2. The molecule has 0 aliphatic heterocycles. The highest BCUT2D eigenvalue weighted by Crippen LogP contribution is 2.17. The van der Waals surface area contributed by atoms with Crippen LogP contribution in [-0.2, 0) is 6.42 Å². The van der Waals surface area contributed by atoms with Crippen molar-refractivity contribution < 1.29 is 4.39 Å². The third kappa shape index (κ3) is 3.34. The molecule has 0 amide bonds. The molecule has 0 spiro atoms. The topological polar surface area (TPSA) is 37.8 Å². The first-order valence-corrected chi connectivity index (χ1v) is 6.02. The van der Waals surface area contributed by atoms with Crippen molar-refractivity contribution in [1.82, 2.24) is 15.3 Å². The maximum Gasteiger partial charge on any atom is 0.123 e. The van der Waals surface area contributed by atoms with Crippen molar-refractivity contribution in [2.24, 2.45) is 0 Å². The maximum absolute atomic E-state index is 13.2. The molecule has 1 heterocycles. The van der Waals surface area contributed by atoms with E-state index >= 15 is 0 Å². The van der Waals surface area contributed by atoms with E-state index in [1.54, 1.807) is 24.5 Å². The number of nitrogens with one attached hydrogen (secondary N) is 1. The normalized spacial score (nSPS) is 12.3. The lowest BCUT2D eigenvalue weighted by molar-refractivity contribution is 0.543. The Labute approximate surface area is 106 Å². The van der Waals surface area contributed by atoms with Crippen molar-refractivity contribution in [3.05, 3.63) is 59.9 Å². The van der Waals surface area contributed by atoms with Gasteiger partial charge in [0.2, 0.25) is 0 Å². The summed E-state index contributed by atoms with van der Waals surface area (Å²) in [5, 5.41) is 3.36. The van der Waals surface area contributed by atoms with Crippen molar-refractivity contribution in [3.8, 4) is 0 Å². The summed E-state index contributed by atoms with van der Waals surface area (Å²) in [7, 11) is 0. The molecule has 1 aromatic heterocycles. The second-order valence-electron chi connectivity index (χ2n) is 4.12. The van der Waals surface area contributed by atoms with Crippen molar-refractivity contribution in [2.75, 3.05) is 6.54 Å². The molecule has 0 bridgehead atoms. The molecule has 0 aliphatic carbocycles. The lowest BCUT2D eigenvalue weighted by Crippen LogP contribution is -2.23. The van der Waals surface area contributed by atoms with Gasteiger partial charge in [0.25, 0.3) is 0 Å². The van der Waals surface area contributed by atoms with Crippen LogP contribution in [0.15, 0.2) is 43.0 Å². The van der Waals surface area contributed by atoms with Crippen LogP contribution in [0.4, 0.5) is 4.39 Å². The van der Waals surface area contributed by atoms with E-state index in [0.717, 1.165) is 24.1 Å². The van der Waals surface area contributed by atoms with Gasteiger partial charge < -0.3 is 5.32 Å². The van der Waals surface area contributed by atoms with E-state index in [1.165, 1.54) is 12.4 Å². The van der Waals surface area contributed by atoms with Gasteiger partial charge >= 0.3 is 0 Å². The minimum Gasteiger partial charge on any atom is -0.310 e. The minimum absolute atomic E-state index is 0.109. The first-order chi connectivity index (χ1) is 8.79. The van der Waals surface area contributed by atoms with Gasteiger partial charge in [-0.05, 0) is 30.7 Å². The molecule has 0 saturated heterocycles. The van der Waals surface area contributed by atoms with Gasteiger partial charge in [-0.15, -0.1) is 0 Å². The Hall–Kier alpha value is -1.81. The van der Waals surface area contributed by atoms with Crippen LogP contribution in [0.2, 0.25) is 0 Å². The molecule has 1 N–H and O–H groups in total. The van der Waals surface area contributed by atoms with Gasteiger partial charge in [0.05, 0.1) is 0 Å². The Morgan fingerprint density at radius 3 is 2.72 bits per heavy atom. The van der Waals surface area contributed by atoms with Crippen LogP contribution in [0, 0.1) is 5.82 Å². The zero-order chi connectivity index (χ0) is 12.8. The van der Waals surface area contributed by atoms with Gasteiger partial charge in [-0.1, -0.05) is 19.1 Å². The van der Waals surface area contributed by atoms with Gasteiger partial charge in [0.15, 0.2) is 0 Å². The molecule has 1 atom stereocenters. The second kappa shape index (κ2) is 6.21. The van der Waals surface area contributed by atoms with Crippen LogP contribution in [0.1, 0.15) is 24.1 Å². The zero-order valence-corrected chi connectivity index (χ0v) is 10.3. The Morgan fingerprint density at radius 2 is 2.06 bits per heavy atom. The summed E-state index contributed by atoms with van der Waals surface area (Å²) in [6.45, 7) is 2.89. The highest BCUT2D eigenvalue weighted by atomic mass is 19.1. The Bertz CT molecular complexity index is 487. The van der Waals surface area contributed by atoms with Crippen molar-refractivity contribution in [3.63, 3.8) is 0 Å². The quantitative estimate of drug-likeness (QED) is 0.879. The minimum atomic E-state index is -0.202. The molecule has 2 rings (SSSR count). The van der Waals surface area contributed by atoms with E-state index < -0.39 is 0 Å². The Kier molecular flexibility index (Phi) is 4.36. The zero-order valence-electron chi connectivity index (χ0n) is 10.3. The highest BCUT2D eigenvalue weighted by molar-refractivity contribution is 5.21. The molecule has 1 unspecified atom stereocenters. The number of hydrogen-bond acceptors (Lipinski definition) is 3. The van der Waals surface area contributed by atoms with Crippen molar-refractivity contribution in [2.45, 2.75) is 19.4 Å². The van der Waals surface area contributed by atoms with E-state index in [-0.39, 0.29) is 11.9 Å². The molecule has 4 heteroatoms. The second-order valence-corrected chi connectivity index (χ2v) is 4.12. The highest BCUT2D eigenvalue weighted by Gasteiger charge is 2.11. The third-order valence-corrected chi connectivity index (χ3v) is 2.76.